The molecular weight excluding hydrogens is 420 g/mol. The first-order valence-corrected chi connectivity index (χ1v) is 12.1. The van der Waals surface area contributed by atoms with Crippen LogP contribution in [-0.4, -0.2) is 25.1 Å². The number of aromatic nitrogens is 1. The molecule has 1 amide bonds. The van der Waals surface area contributed by atoms with E-state index in [9.17, 15) is 13.2 Å². The number of sulfonamides is 1. The molecule has 162 valence electrons. The van der Waals surface area contributed by atoms with Crippen LogP contribution in [0.2, 0.25) is 0 Å². The highest BCUT2D eigenvalue weighted by atomic mass is 32.2. The molecule has 6 heteroatoms. The second-order valence-electron chi connectivity index (χ2n) is 7.67. The lowest BCUT2D eigenvalue weighted by atomic mass is 10.0. The third-order valence-electron chi connectivity index (χ3n) is 5.40. The summed E-state index contributed by atoms with van der Waals surface area (Å²) < 4.78 is 28.0. The standard InChI is InChI=1S/C26H24N2O3S/c1-19-18-24(26(29)28(32(3,30)31)22-14-8-5-9-15-22)20(2)27(19)25-17-11-10-16-23(25)21-12-6-4-7-13-21/h4-18H,1-3H3. The van der Waals surface area contributed by atoms with Crippen molar-refractivity contribution < 1.29 is 13.2 Å². The molecule has 0 aliphatic carbocycles. The minimum absolute atomic E-state index is 0.314. The third-order valence-corrected chi connectivity index (χ3v) is 6.44. The molecule has 0 radical (unpaired) electrons. The molecule has 0 N–H and O–H groups in total. The van der Waals surface area contributed by atoms with E-state index in [4.69, 9.17) is 0 Å². The topological polar surface area (TPSA) is 59.4 Å². The first-order valence-electron chi connectivity index (χ1n) is 10.2. The fraction of sp³-hybridized carbons (Fsp3) is 0.115. The van der Waals surface area contributed by atoms with Crippen LogP contribution in [0.1, 0.15) is 21.7 Å². The molecule has 3 aromatic carbocycles. The molecule has 4 rings (SSSR count). The smallest absolute Gasteiger partial charge is 0.273 e. The Balaban J connectivity index is 1.86. The van der Waals surface area contributed by atoms with Crippen molar-refractivity contribution in [2.45, 2.75) is 13.8 Å². The van der Waals surface area contributed by atoms with E-state index >= 15 is 0 Å². The second-order valence-corrected chi connectivity index (χ2v) is 9.50. The Morgan fingerprint density at radius 1 is 0.812 bits per heavy atom. The number of para-hydroxylation sites is 2. The van der Waals surface area contributed by atoms with Crippen molar-refractivity contribution >= 4 is 21.6 Å². The van der Waals surface area contributed by atoms with Crippen LogP contribution < -0.4 is 4.31 Å². The van der Waals surface area contributed by atoms with Gasteiger partial charge in [0, 0.05) is 17.0 Å². The Hall–Kier alpha value is -3.64. The average Bonchev–Trinajstić information content (AvgIpc) is 3.08. The van der Waals surface area contributed by atoms with Gasteiger partial charge >= 0.3 is 0 Å². The second kappa shape index (κ2) is 8.48. The molecule has 32 heavy (non-hydrogen) atoms. The van der Waals surface area contributed by atoms with Crippen molar-refractivity contribution in [3.05, 3.63) is 108 Å². The quantitative estimate of drug-likeness (QED) is 0.416. The van der Waals surface area contributed by atoms with Crippen molar-refractivity contribution in [1.82, 2.24) is 4.57 Å². The van der Waals surface area contributed by atoms with Crippen LogP contribution in [0, 0.1) is 13.8 Å². The summed E-state index contributed by atoms with van der Waals surface area (Å²) in [6, 6.07) is 28.2. The van der Waals surface area contributed by atoms with E-state index < -0.39 is 15.9 Å². The number of hydrogen-bond acceptors (Lipinski definition) is 3. The zero-order valence-corrected chi connectivity index (χ0v) is 19.0. The van der Waals surface area contributed by atoms with Gasteiger partial charge in [0.05, 0.1) is 23.2 Å². The van der Waals surface area contributed by atoms with Crippen molar-refractivity contribution in [2.75, 3.05) is 10.6 Å². The Labute approximate surface area is 188 Å². The van der Waals surface area contributed by atoms with E-state index in [-0.39, 0.29) is 0 Å². The van der Waals surface area contributed by atoms with Gasteiger partial charge in [0.15, 0.2) is 0 Å². The molecule has 1 aromatic heterocycles. The van der Waals surface area contributed by atoms with Gasteiger partial charge in [-0.15, -0.1) is 0 Å². The Bertz CT molecular complexity index is 1380. The molecule has 4 aromatic rings. The predicted molar refractivity (Wildman–Crippen MR) is 129 cm³/mol. The third kappa shape index (κ3) is 3.97. The predicted octanol–water partition coefficient (Wildman–Crippen LogP) is 5.37. The van der Waals surface area contributed by atoms with Gasteiger partial charge in [-0.1, -0.05) is 66.7 Å². The van der Waals surface area contributed by atoms with Crippen LogP contribution in [0.5, 0.6) is 0 Å². The summed E-state index contributed by atoms with van der Waals surface area (Å²) in [7, 11) is -3.83. The monoisotopic (exact) mass is 444 g/mol. The highest BCUT2D eigenvalue weighted by molar-refractivity contribution is 7.92. The molecule has 0 saturated heterocycles. The zero-order valence-electron chi connectivity index (χ0n) is 18.2. The first-order chi connectivity index (χ1) is 15.3. The number of nitrogens with zero attached hydrogens (tertiary/aromatic N) is 2. The van der Waals surface area contributed by atoms with Crippen LogP contribution >= 0.6 is 0 Å². The number of anilines is 1. The highest BCUT2D eigenvalue weighted by Crippen LogP contribution is 2.31. The van der Waals surface area contributed by atoms with Crippen LogP contribution in [0.25, 0.3) is 16.8 Å². The lowest BCUT2D eigenvalue weighted by molar-refractivity contribution is 0.100. The summed E-state index contributed by atoms with van der Waals surface area (Å²) in [5.41, 5.74) is 5.20. The molecular formula is C26H24N2O3S. The van der Waals surface area contributed by atoms with Crippen LogP contribution in [-0.2, 0) is 10.0 Å². The Morgan fingerprint density at radius 3 is 2.00 bits per heavy atom. The summed E-state index contributed by atoms with van der Waals surface area (Å²) in [4.78, 5) is 13.5. The number of carbonyl (C=O) groups excluding carboxylic acids is 1. The fourth-order valence-corrected chi connectivity index (χ4v) is 4.92. The lowest BCUT2D eigenvalue weighted by Gasteiger charge is -2.21. The zero-order chi connectivity index (χ0) is 22.9. The number of amides is 1. The largest absolute Gasteiger partial charge is 0.317 e. The highest BCUT2D eigenvalue weighted by Gasteiger charge is 2.29. The molecule has 0 aliphatic rings. The Kier molecular flexibility index (Phi) is 5.72. The van der Waals surface area contributed by atoms with E-state index in [1.54, 1.807) is 36.4 Å². The SMILES string of the molecule is Cc1cc(C(=O)N(c2ccccc2)S(C)(=O)=O)c(C)n1-c1ccccc1-c1ccccc1. The summed E-state index contributed by atoms with van der Waals surface area (Å²) >= 11 is 0. The van der Waals surface area contributed by atoms with Crippen LogP contribution in [0.15, 0.2) is 91.0 Å². The minimum atomic E-state index is -3.83. The van der Waals surface area contributed by atoms with Crippen LogP contribution in [0.3, 0.4) is 0 Å². The van der Waals surface area contributed by atoms with Gasteiger partial charge in [-0.2, -0.15) is 0 Å². The van der Waals surface area contributed by atoms with Gasteiger partial charge in [-0.05, 0) is 43.7 Å². The molecule has 0 spiro atoms. The number of benzene rings is 3. The number of carbonyl (C=O) groups is 1. The summed E-state index contributed by atoms with van der Waals surface area (Å²) in [5.74, 6) is -0.574. The summed E-state index contributed by atoms with van der Waals surface area (Å²) in [6.45, 7) is 3.76. The van der Waals surface area contributed by atoms with Gasteiger partial charge in [0.25, 0.3) is 5.91 Å². The summed E-state index contributed by atoms with van der Waals surface area (Å²) in [5, 5.41) is 0. The maximum Gasteiger partial charge on any atom is 0.273 e. The molecule has 0 saturated carbocycles. The average molecular weight is 445 g/mol. The van der Waals surface area contributed by atoms with Crippen molar-refractivity contribution in [3.63, 3.8) is 0 Å². The van der Waals surface area contributed by atoms with Gasteiger partial charge < -0.3 is 4.57 Å². The number of hydrogen-bond donors (Lipinski definition) is 0. The van der Waals surface area contributed by atoms with Crippen molar-refractivity contribution in [1.29, 1.82) is 0 Å². The number of aryl methyl sites for hydroxylation is 1. The van der Waals surface area contributed by atoms with Crippen molar-refractivity contribution in [3.8, 4) is 16.8 Å². The molecule has 0 aliphatic heterocycles. The molecule has 0 atom stereocenters. The first kappa shape index (κ1) is 21.6. The van der Waals surface area contributed by atoms with Gasteiger partial charge in [0.2, 0.25) is 10.0 Å². The summed E-state index contributed by atoms with van der Waals surface area (Å²) in [6.07, 6.45) is 1.04. The molecule has 0 fully saturated rings. The van der Waals surface area contributed by atoms with Crippen LogP contribution in [0.4, 0.5) is 5.69 Å². The number of rotatable bonds is 5. The van der Waals surface area contributed by atoms with E-state index in [0.717, 1.165) is 33.1 Å². The van der Waals surface area contributed by atoms with E-state index in [0.29, 0.717) is 16.9 Å². The molecule has 0 unspecified atom stereocenters. The molecule has 1 heterocycles. The minimum Gasteiger partial charge on any atom is -0.317 e. The maximum atomic E-state index is 13.5. The maximum absolute atomic E-state index is 13.5. The van der Waals surface area contributed by atoms with E-state index in [1.165, 1.54) is 0 Å². The van der Waals surface area contributed by atoms with Crippen molar-refractivity contribution in [2.24, 2.45) is 0 Å². The van der Waals surface area contributed by atoms with Gasteiger partial charge in [-0.25, -0.2) is 12.7 Å². The Morgan fingerprint density at radius 2 is 1.38 bits per heavy atom. The molecule has 0 bridgehead atoms. The fourth-order valence-electron chi connectivity index (χ4n) is 4.01. The van der Waals surface area contributed by atoms with Gasteiger partial charge in [0.1, 0.15) is 0 Å². The van der Waals surface area contributed by atoms with E-state index in [1.807, 2.05) is 73.0 Å². The lowest BCUT2D eigenvalue weighted by Crippen LogP contribution is -2.36. The molecule has 5 nitrogen and oxygen atoms in total. The van der Waals surface area contributed by atoms with Gasteiger partial charge in [-0.3, -0.25) is 4.79 Å². The normalized spacial score (nSPS) is 11.3. The van der Waals surface area contributed by atoms with E-state index in [2.05, 4.69) is 0 Å².